The molecule has 0 saturated heterocycles. The highest BCUT2D eigenvalue weighted by molar-refractivity contribution is 9.10. The van der Waals surface area contributed by atoms with Crippen molar-refractivity contribution in [2.75, 3.05) is 24.1 Å². The normalized spacial score (nSPS) is 9.94. The summed E-state index contributed by atoms with van der Waals surface area (Å²) < 4.78 is 13.4. The number of carbonyl (C=O) groups is 1. The Bertz CT molecular complexity index is 398. The molecule has 4 N–H and O–H groups in total. The zero-order valence-corrected chi connectivity index (χ0v) is 10.4. The lowest BCUT2D eigenvalue weighted by atomic mass is 10.2. The van der Waals surface area contributed by atoms with Gasteiger partial charge in [0.2, 0.25) is 5.91 Å². The smallest absolute Gasteiger partial charge is 0.239 e. The first kappa shape index (κ1) is 12.8. The third kappa shape index (κ3) is 3.37. The van der Waals surface area contributed by atoms with Crippen LogP contribution in [0.25, 0.3) is 0 Å². The highest BCUT2D eigenvalue weighted by Gasteiger charge is 2.06. The van der Waals surface area contributed by atoms with Crippen molar-refractivity contribution < 1.29 is 9.18 Å². The second-order valence-electron chi connectivity index (χ2n) is 3.16. The Balaban J connectivity index is 2.67. The SMILES string of the molecule is CCNC(=O)CNc1cc(Br)c(F)cc1N. The van der Waals surface area contributed by atoms with E-state index >= 15 is 0 Å². The summed E-state index contributed by atoms with van der Waals surface area (Å²) in [4.78, 5) is 11.2. The number of hydrogen-bond donors (Lipinski definition) is 3. The van der Waals surface area contributed by atoms with Gasteiger partial charge in [-0.3, -0.25) is 4.79 Å². The molecule has 0 aliphatic rings. The molecule has 0 spiro atoms. The minimum absolute atomic E-state index is 0.107. The molecule has 6 heteroatoms. The highest BCUT2D eigenvalue weighted by atomic mass is 79.9. The van der Waals surface area contributed by atoms with E-state index in [-0.39, 0.29) is 18.1 Å². The van der Waals surface area contributed by atoms with Gasteiger partial charge in [-0.15, -0.1) is 0 Å². The van der Waals surface area contributed by atoms with Gasteiger partial charge < -0.3 is 16.4 Å². The summed E-state index contributed by atoms with van der Waals surface area (Å²) in [5.74, 6) is -0.566. The average molecular weight is 290 g/mol. The van der Waals surface area contributed by atoms with Crippen molar-refractivity contribution in [3.8, 4) is 0 Å². The van der Waals surface area contributed by atoms with E-state index in [4.69, 9.17) is 5.73 Å². The summed E-state index contributed by atoms with van der Waals surface area (Å²) in [5, 5.41) is 5.47. The summed E-state index contributed by atoms with van der Waals surface area (Å²) in [7, 11) is 0. The number of rotatable bonds is 4. The van der Waals surface area contributed by atoms with Crippen molar-refractivity contribution in [3.63, 3.8) is 0 Å². The molecule has 1 aromatic carbocycles. The van der Waals surface area contributed by atoms with E-state index in [1.165, 1.54) is 12.1 Å². The first-order valence-electron chi connectivity index (χ1n) is 4.79. The van der Waals surface area contributed by atoms with Crippen molar-refractivity contribution in [2.45, 2.75) is 6.92 Å². The number of likely N-dealkylation sites (N-methyl/N-ethyl adjacent to an activating group) is 1. The predicted octanol–water partition coefficient (Wildman–Crippen LogP) is 1.72. The van der Waals surface area contributed by atoms with E-state index in [2.05, 4.69) is 26.6 Å². The molecule has 0 unspecified atom stereocenters. The van der Waals surface area contributed by atoms with Gasteiger partial charge in [0.1, 0.15) is 5.82 Å². The largest absolute Gasteiger partial charge is 0.397 e. The first-order chi connectivity index (χ1) is 7.54. The maximum Gasteiger partial charge on any atom is 0.239 e. The fourth-order valence-corrected chi connectivity index (χ4v) is 1.49. The number of halogens is 2. The second kappa shape index (κ2) is 5.69. The lowest BCUT2D eigenvalue weighted by Gasteiger charge is -2.10. The molecule has 0 aromatic heterocycles. The molecule has 0 heterocycles. The van der Waals surface area contributed by atoms with Crippen LogP contribution in [0.3, 0.4) is 0 Å². The Morgan fingerprint density at radius 3 is 2.88 bits per heavy atom. The number of nitrogen functional groups attached to an aromatic ring is 1. The Hall–Kier alpha value is -1.30. The van der Waals surface area contributed by atoms with Crippen molar-refractivity contribution in [2.24, 2.45) is 0 Å². The van der Waals surface area contributed by atoms with E-state index in [0.717, 1.165) is 0 Å². The number of anilines is 2. The van der Waals surface area contributed by atoms with Gasteiger partial charge in [-0.05, 0) is 28.9 Å². The standard InChI is InChI=1S/C10H13BrFN3O/c1-2-14-10(16)5-15-9-3-6(11)7(12)4-8(9)13/h3-4,15H,2,5,13H2,1H3,(H,14,16). The summed E-state index contributed by atoms with van der Waals surface area (Å²) in [6.07, 6.45) is 0. The predicted molar refractivity (Wildman–Crippen MR) is 65.7 cm³/mol. The fraction of sp³-hybridized carbons (Fsp3) is 0.300. The Morgan fingerprint density at radius 2 is 2.25 bits per heavy atom. The van der Waals surface area contributed by atoms with E-state index in [1.54, 1.807) is 0 Å². The first-order valence-corrected chi connectivity index (χ1v) is 5.59. The molecule has 1 rings (SSSR count). The van der Waals surface area contributed by atoms with Crippen LogP contribution in [0.4, 0.5) is 15.8 Å². The molecular weight excluding hydrogens is 277 g/mol. The molecule has 88 valence electrons. The van der Waals surface area contributed by atoms with Crippen LogP contribution in [-0.4, -0.2) is 19.0 Å². The number of amides is 1. The molecule has 16 heavy (non-hydrogen) atoms. The van der Waals surface area contributed by atoms with Crippen LogP contribution >= 0.6 is 15.9 Å². The van der Waals surface area contributed by atoms with Crippen LogP contribution in [-0.2, 0) is 4.79 Å². The molecule has 0 aliphatic heterocycles. The fourth-order valence-electron chi connectivity index (χ4n) is 1.15. The van der Waals surface area contributed by atoms with Crippen LogP contribution in [0.1, 0.15) is 6.92 Å². The molecule has 0 atom stereocenters. The van der Waals surface area contributed by atoms with Gasteiger partial charge in [0.15, 0.2) is 0 Å². The maximum atomic E-state index is 13.0. The van der Waals surface area contributed by atoms with Gasteiger partial charge in [0.05, 0.1) is 22.4 Å². The second-order valence-corrected chi connectivity index (χ2v) is 4.01. The molecule has 1 aromatic rings. The van der Waals surface area contributed by atoms with Gasteiger partial charge >= 0.3 is 0 Å². The third-order valence-corrected chi connectivity index (χ3v) is 2.51. The van der Waals surface area contributed by atoms with E-state index in [0.29, 0.717) is 16.7 Å². The molecule has 0 radical (unpaired) electrons. The van der Waals surface area contributed by atoms with Crippen molar-refractivity contribution in [1.82, 2.24) is 5.32 Å². The topological polar surface area (TPSA) is 67.2 Å². The Kier molecular flexibility index (Phi) is 4.54. The van der Waals surface area contributed by atoms with Gasteiger partial charge in [-0.2, -0.15) is 0 Å². The lowest BCUT2D eigenvalue weighted by Crippen LogP contribution is -2.29. The minimum Gasteiger partial charge on any atom is -0.397 e. The van der Waals surface area contributed by atoms with Crippen LogP contribution in [0, 0.1) is 5.82 Å². The zero-order valence-electron chi connectivity index (χ0n) is 8.81. The number of nitrogens with one attached hydrogen (secondary N) is 2. The summed E-state index contributed by atoms with van der Waals surface area (Å²) in [5.41, 5.74) is 6.39. The molecule has 4 nitrogen and oxygen atoms in total. The number of benzene rings is 1. The summed E-state index contributed by atoms with van der Waals surface area (Å²) in [6.45, 7) is 2.51. The minimum atomic E-state index is -0.430. The van der Waals surface area contributed by atoms with Gasteiger partial charge in [-0.25, -0.2) is 4.39 Å². The highest BCUT2D eigenvalue weighted by Crippen LogP contribution is 2.26. The van der Waals surface area contributed by atoms with Crippen LogP contribution in [0.15, 0.2) is 16.6 Å². The Morgan fingerprint density at radius 1 is 1.56 bits per heavy atom. The van der Waals surface area contributed by atoms with E-state index < -0.39 is 5.82 Å². The van der Waals surface area contributed by atoms with Crippen molar-refractivity contribution in [3.05, 3.63) is 22.4 Å². The monoisotopic (exact) mass is 289 g/mol. The number of hydrogen-bond acceptors (Lipinski definition) is 3. The molecule has 0 bridgehead atoms. The van der Waals surface area contributed by atoms with E-state index in [9.17, 15) is 9.18 Å². The van der Waals surface area contributed by atoms with Gasteiger partial charge in [0, 0.05) is 12.6 Å². The van der Waals surface area contributed by atoms with Crippen molar-refractivity contribution in [1.29, 1.82) is 0 Å². The van der Waals surface area contributed by atoms with Gasteiger partial charge in [0.25, 0.3) is 0 Å². The maximum absolute atomic E-state index is 13.0. The third-order valence-electron chi connectivity index (χ3n) is 1.91. The average Bonchev–Trinajstić information content (AvgIpc) is 2.22. The molecular formula is C10H13BrFN3O. The molecule has 0 saturated carbocycles. The van der Waals surface area contributed by atoms with E-state index in [1.807, 2.05) is 6.92 Å². The molecule has 0 aliphatic carbocycles. The zero-order chi connectivity index (χ0) is 12.1. The molecule has 0 fully saturated rings. The number of nitrogens with two attached hydrogens (primary N) is 1. The van der Waals surface area contributed by atoms with Gasteiger partial charge in [-0.1, -0.05) is 0 Å². The number of carbonyl (C=O) groups excluding carboxylic acids is 1. The van der Waals surface area contributed by atoms with Crippen LogP contribution in [0.5, 0.6) is 0 Å². The Labute approximate surface area is 102 Å². The van der Waals surface area contributed by atoms with Crippen LogP contribution < -0.4 is 16.4 Å². The van der Waals surface area contributed by atoms with Crippen molar-refractivity contribution >= 4 is 33.2 Å². The van der Waals surface area contributed by atoms with Crippen LogP contribution in [0.2, 0.25) is 0 Å². The molecule has 1 amide bonds. The quantitative estimate of drug-likeness (QED) is 0.740. The summed E-state index contributed by atoms with van der Waals surface area (Å²) in [6, 6.07) is 2.70. The summed E-state index contributed by atoms with van der Waals surface area (Å²) >= 11 is 3.05. The lowest BCUT2D eigenvalue weighted by molar-refractivity contribution is -0.119.